The Morgan fingerprint density at radius 3 is 2.79 bits per heavy atom. The maximum Gasteiger partial charge on any atom is 0.573 e. The molecule has 0 atom stereocenters. The maximum absolute atomic E-state index is 12.7. The molecular formula is C16H12ClF3N2O2. The molecule has 0 radical (unpaired) electrons. The van der Waals surface area contributed by atoms with Crippen LogP contribution in [0, 0.1) is 0 Å². The van der Waals surface area contributed by atoms with Crippen molar-refractivity contribution in [3.8, 4) is 5.75 Å². The van der Waals surface area contributed by atoms with Gasteiger partial charge in [-0.1, -0.05) is 11.6 Å². The number of fused-ring (bicyclic) bond motifs is 1. The lowest BCUT2D eigenvalue weighted by atomic mass is 10.0. The molecule has 0 unspecified atom stereocenters. The average molecular weight is 357 g/mol. The minimum atomic E-state index is -4.75. The Bertz CT molecular complexity index is 780. The van der Waals surface area contributed by atoms with Gasteiger partial charge in [0.2, 0.25) is 0 Å². The molecule has 0 aliphatic carbocycles. The lowest BCUT2D eigenvalue weighted by Crippen LogP contribution is -2.35. The highest BCUT2D eigenvalue weighted by Crippen LogP contribution is 2.33. The van der Waals surface area contributed by atoms with Gasteiger partial charge < -0.3 is 9.64 Å². The summed E-state index contributed by atoms with van der Waals surface area (Å²) in [5.74, 6) is -0.631. The molecule has 3 rings (SSSR count). The number of alkyl halides is 3. The first-order valence-electron chi connectivity index (χ1n) is 7.16. The van der Waals surface area contributed by atoms with Gasteiger partial charge in [0.15, 0.2) is 0 Å². The summed E-state index contributed by atoms with van der Waals surface area (Å²) in [6.07, 6.45) is -2.08. The third-order valence-corrected chi connectivity index (χ3v) is 3.94. The minimum Gasteiger partial charge on any atom is -0.406 e. The Morgan fingerprint density at radius 2 is 2.08 bits per heavy atom. The van der Waals surface area contributed by atoms with Gasteiger partial charge in [-0.15, -0.1) is 13.2 Å². The quantitative estimate of drug-likeness (QED) is 0.756. The molecule has 0 spiro atoms. The van der Waals surface area contributed by atoms with Crippen LogP contribution in [0.2, 0.25) is 5.15 Å². The third kappa shape index (κ3) is 3.46. The smallest absolute Gasteiger partial charge is 0.406 e. The van der Waals surface area contributed by atoms with Gasteiger partial charge in [-0.05, 0) is 48.7 Å². The number of nitrogens with zero attached hydrogens (tertiary/aromatic N) is 2. The van der Waals surface area contributed by atoms with E-state index in [4.69, 9.17) is 11.6 Å². The lowest BCUT2D eigenvalue weighted by Gasteiger charge is -2.30. The fourth-order valence-corrected chi connectivity index (χ4v) is 2.87. The first-order chi connectivity index (χ1) is 11.3. The number of hydrogen-bond acceptors (Lipinski definition) is 3. The predicted molar refractivity (Wildman–Crippen MR) is 82.4 cm³/mol. The van der Waals surface area contributed by atoms with Gasteiger partial charge in [0.05, 0.1) is 5.56 Å². The van der Waals surface area contributed by atoms with Crippen LogP contribution in [0.25, 0.3) is 0 Å². The van der Waals surface area contributed by atoms with Crippen LogP contribution < -0.4 is 9.64 Å². The summed E-state index contributed by atoms with van der Waals surface area (Å²) in [5, 5.41) is 0.0895. The van der Waals surface area contributed by atoms with E-state index in [-0.39, 0.29) is 22.4 Å². The highest BCUT2D eigenvalue weighted by atomic mass is 35.5. The number of aryl methyl sites for hydroxylation is 1. The van der Waals surface area contributed by atoms with Gasteiger partial charge in [0, 0.05) is 18.4 Å². The molecule has 1 aromatic carbocycles. The molecule has 8 heteroatoms. The molecule has 0 saturated carbocycles. The Morgan fingerprint density at radius 1 is 1.29 bits per heavy atom. The van der Waals surface area contributed by atoms with Crippen LogP contribution >= 0.6 is 11.6 Å². The number of benzene rings is 1. The maximum atomic E-state index is 12.7. The Balaban J connectivity index is 1.92. The monoisotopic (exact) mass is 356 g/mol. The predicted octanol–water partition coefficient (Wildman–Crippen LogP) is 4.23. The van der Waals surface area contributed by atoms with Crippen LogP contribution in [0.1, 0.15) is 22.3 Å². The number of carbonyl (C=O) groups excluding carboxylic acids is 1. The van der Waals surface area contributed by atoms with Crippen molar-refractivity contribution in [2.45, 2.75) is 19.2 Å². The summed E-state index contributed by atoms with van der Waals surface area (Å²) in [7, 11) is 0. The Kier molecular flexibility index (Phi) is 4.36. The molecular weight excluding hydrogens is 345 g/mol. The van der Waals surface area contributed by atoms with E-state index in [1.54, 1.807) is 12.1 Å². The van der Waals surface area contributed by atoms with E-state index in [1.807, 2.05) is 0 Å². The summed E-state index contributed by atoms with van der Waals surface area (Å²) in [6, 6.07) is 7.13. The van der Waals surface area contributed by atoms with Crippen molar-refractivity contribution in [3.63, 3.8) is 0 Å². The van der Waals surface area contributed by atoms with Crippen molar-refractivity contribution < 1.29 is 22.7 Å². The van der Waals surface area contributed by atoms with Gasteiger partial charge in [0.25, 0.3) is 5.91 Å². The third-order valence-electron chi connectivity index (χ3n) is 3.64. The summed E-state index contributed by atoms with van der Waals surface area (Å²) < 4.78 is 40.9. The number of hydrogen-bond donors (Lipinski definition) is 0. The van der Waals surface area contributed by atoms with Gasteiger partial charge in [0.1, 0.15) is 10.9 Å². The van der Waals surface area contributed by atoms with E-state index in [0.717, 1.165) is 0 Å². The number of carbonyl (C=O) groups is 1. The summed E-state index contributed by atoms with van der Waals surface area (Å²) >= 11 is 5.96. The van der Waals surface area contributed by atoms with E-state index in [1.165, 1.54) is 29.3 Å². The number of anilines is 1. The first kappa shape index (κ1) is 16.6. The molecule has 1 amide bonds. The van der Waals surface area contributed by atoms with Crippen molar-refractivity contribution in [2.24, 2.45) is 0 Å². The lowest BCUT2D eigenvalue weighted by molar-refractivity contribution is -0.274. The molecule has 24 heavy (non-hydrogen) atoms. The van der Waals surface area contributed by atoms with Gasteiger partial charge >= 0.3 is 6.36 Å². The zero-order chi connectivity index (χ0) is 17.3. The summed E-state index contributed by atoms with van der Waals surface area (Å²) in [6.45, 7) is 0.455. The zero-order valence-electron chi connectivity index (χ0n) is 12.3. The number of halogens is 4. The second-order valence-electron chi connectivity index (χ2n) is 5.24. The topological polar surface area (TPSA) is 42.4 Å². The fourth-order valence-electron chi connectivity index (χ4n) is 2.67. The van der Waals surface area contributed by atoms with Gasteiger partial charge in [-0.2, -0.15) is 0 Å². The number of ether oxygens (including phenoxy) is 1. The molecule has 1 aliphatic rings. The fraction of sp³-hybridized carbons (Fsp3) is 0.250. The first-order valence-corrected chi connectivity index (χ1v) is 7.54. The van der Waals surface area contributed by atoms with Crippen LogP contribution in [-0.4, -0.2) is 23.8 Å². The van der Waals surface area contributed by atoms with Crippen molar-refractivity contribution in [1.82, 2.24) is 4.98 Å². The highest BCUT2D eigenvalue weighted by molar-refractivity contribution is 6.33. The number of amides is 1. The van der Waals surface area contributed by atoms with Gasteiger partial charge in [-0.25, -0.2) is 4.98 Å². The van der Waals surface area contributed by atoms with Crippen LogP contribution in [0.4, 0.5) is 18.9 Å². The van der Waals surface area contributed by atoms with Crippen LogP contribution in [0.3, 0.4) is 0 Å². The molecule has 0 saturated heterocycles. The molecule has 2 heterocycles. The van der Waals surface area contributed by atoms with Crippen LogP contribution in [0.15, 0.2) is 36.5 Å². The van der Waals surface area contributed by atoms with Gasteiger partial charge in [-0.3, -0.25) is 4.79 Å². The minimum absolute atomic E-state index is 0.0895. The molecule has 1 aromatic heterocycles. The Labute approximate surface area is 140 Å². The standard InChI is InChI=1S/C16H12ClF3N2O2/c17-14-12(4-1-7-21-14)15(23)22-8-2-3-10-9-11(5-6-13(10)22)24-16(18,19)20/h1,4-7,9H,2-3,8H2. The number of aromatic nitrogens is 1. The van der Waals surface area contributed by atoms with Crippen LogP contribution in [0.5, 0.6) is 5.75 Å². The molecule has 0 fully saturated rings. The normalized spacial score (nSPS) is 14.2. The molecule has 2 aromatic rings. The molecule has 126 valence electrons. The van der Waals surface area contributed by atoms with E-state index in [9.17, 15) is 18.0 Å². The van der Waals surface area contributed by atoms with Crippen molar-refractivity contribution >= 4 is 23.2 Å². The SMILES string of the molecule is O=C(c1cccnc1Cl)N1CCCc2cc(OC(F)(F)F)ccc21. The van der Waals surface area contributed by atoms with Crippen LogP contribution in [-0.2, 0) is 6.42 Å². The van der Waals surface area contributed by atoms with E-state index < -0.39 is 6.36 Å². The number of pyridine rings is 1. The highest BCUT2D eigenvalue weighted by Gasteiger charge is 2.32. The molecule has 1 aliphatic heterocycles. The Hall–Kier alpha value is -2.28. The summed E-state index contributed by atoms with van der Waals surface area (Å²) in [4.78, 5) is 18.1. The zero-order valence-corrected chi connectivity index (χ0v) is 13.1. The molecule has 0 N–H and O–H groups in total. The largest absolute Gasteiger partial charge is 0.573 e. The second kappa shape index (κ2) is 6.32. The summed E-state index contributed by atoms with van der Waals surface area (Å²) in [5.41, 5.74) is 1.43. The average Bonchev–Trinajstić information content (AvgIpc) is 2.52. The van der Waals surface area contributed by atoms with Crippen molar-refractivity contribution in [2.75, 3.05) is 11.4 Å². The van der Waals surface area contributed by atoms with Crippen molar-refractivity contribution in [1.29, 1.82) is 0 Å². The molecule has 0 bridgehead atoms. The second-order valence-corrected chi connectivity index (χ2v) is 5.60. The number of rotatable bonds is 2. The van der Waals surface area contributed by atoms with E-state index in [0.29, 0.717) is 30.6 Å². The van der Waals surface area contributed by atoms with Crippen molar-refractivity contribution in [3.05, 3.63) is 52.8 Å². The molecule has 4 nitrogen and oxygen atoms in total. The van der Waals surface area contributed by atoms with E-state index in [2.05, 4.69) is 9.72 Å². The van der Waals surface area contributed by atoms with E-state index >= 15 is 0 Å².